The Balaban J connectivity index is 2.01. The Morgan fingerprint density at radius 1 is 0.905 bits per heavy atom. The maximum Gasteiger partial charge on any atom is 0.0783 e. The number of aromatic nitrogens is 1. The standard InChI is InChI=1S/C20H23N/c1-3-4-5-6-11-19-15(2)14-17-13-12-16-9-7-8-10-18(16)20(17)21-19/h7-10,12-14H,3-6,11H2,1-2H3. The van der Waals surface area contributed by atoms with Gasteiger partial charge in [-0.05, 0) is 36.8 Å². The molecule has 1 aromatic heterocycles. The average Bonchev–Trinajstić information content (AvgIpc) is 2.52. The fraction of sp³-hybridized carbons (Fsp3) is 0.350. The lowest BCUT2D eigenvalue weighted by atomic mass is 10.0. The second kappa shape index (κ2) is 6.26. The highest BCUT2D eigenvalue weighted by atomic mass is 14.7. The van der Waals surface area contributed by atoms with Crippen LogP contribution in [-0.2, 0) is 6.42 Å². The van der Waals surface area contributed by atoms with Gasteiger partial charge in [0, 0.05) is 16.5 Å². The van der Waals surface area contributed by atoms with Crippen LogP contribution in [0.4, 0.5) is 0 Å². The summed E-state index contributed by atoms with van der Waals surface area (Å²) in [5, 5.41) is 3.80. The topological polar surface area (TPSA) is 12.9 Å². The summed E-state index contributed by atoms with van der Waals surface area (Å²) in [5.41, 5.74) is 3.76. The van der Waals surface area contributed by atoms with E-state index in [0.29, 0.717) is 0 Å². The first-order valence-corrected chi connectivity index (χ1v) is 8.07. The summed E-state index contributed by atoms with van der Waals surface area (Å²) >= 11 is 0. The molecule has 0 fully saturated rings. The molecule has 0 unspecified atom stereocenters. The van der Waals surface area contributed by atoms with E-state index in [1.54, 1.807) is 0 Å². The third-order valence-electron chi connectivity index (χ3n) is 4.27. The Kier molecular flexibility index (Phi) is 4.19. The maximum absolute atomic E-state index is 5.00. The molecule has 0 bridgehead atoms. The van der Waals surface area contributed by atoms with E-state index in [9.17, 15) is 0 Å². The molecule has 0 atom stereocenters. The number of hydrogen-bond acceptors (Lipinski definition) is 1. The molecule has 0 aliphatic carbocycles. The lowest BCUT2D eigenvalue weighted by molar-refractivity contribution is 0.660. The van der Waals surface area contributed by atoms with Crippen LogP contribution in [0.1, 0.15) is 43.9 Å². The van der Waals surface area contributed by atoms with E-state index in [4.69, 9.17) is 4.98 Å². The second-order valence-corrected chi connectivity index (χ2v) is 5.92. The van der Waals surface area contributed by atoms with Crippen molar-refractivity contribution in [3.63, 3.8) is 0 Å². The van der Waals surface area contributed by atoms with Crippen molar-refractivity contribution < 1.29 is 0 Å². The van der Waals surface area contributed by atoms with Crippen molar-refractivity contribution in [2.75, 3.05) is 0 Å². The van der Waals surface area contributed by atoms with Crippen LogP contribution in [0.15, 0.2) is 42.5 Å². The summed E-state index contributed by atoms with van der Waals surface area (Å²) in [7, 11) is 0. The van der Waals surface area contributed by atoms with E-state index in [1.807, 2.05) is 0 Å². The van der Waals surface area contributed by atoms with Gasteiger partial charge in [-0.15, -0.1) is 0 Å². The van der Waals surface area contributed by atoms with E-state index < -0.39 is 0 Å². The Hall–Kier alpha value is -1.89. The molecule has 1 heterocycles. The quantitative estimate of drug-likeness (QED) is 0.423. The average molecular weight is 277 g/mol. The fourth-order valence-corrected chi connectivity index (χ4v) is 3.03. The molecule has 0 amide bonds. The maximum atomic E-state index is 5.00. The predicted octanol–water partition coefficient (Wildman–Crippen LogP) is 5.82. The van der Waals surface area contributed by atoms with Crippen molar-refractivity contribution in [2.45, 2.75) is 46.0 Å². The zero-order chi connectivity index (χ0) is 14.7. The minimum atomic E-state index is 1.10. The van der Waals surface area contributed by atoms with Crippen molar-refractivity contribution >= 4 is 21.7 Å². The Morgan fingerprint density at radius 3 is 2.57 bits per heavy atom. The van der Waals surface area contributed by atoms with Crippen LogP contribution < -0.4 is 0 Å². The zero-order valence-corrected chi connectivity index (χ0v) is 13.0. The van der Waals surface area contributed by atoms with Gasteiger partial charge in [-0.25, -0.2) is 0 Å². The Bertz CT molecular complexity index is 758. The first kappa shape index (κ1) is 14.1. The predicted molar refractivity (Wildman–Crippen MR) is 91.8 cm³/mol. The van der Waals surface area contributed by atoms with Gasteiger partial charge in [0.2, 0.25) is 0 Å². The van der Waals surface area contributed by atoms with Gasteiger partial charge < -0.3 is 0 Å². The molecule has 0 N–H and O–H groups in total. The first-order chi connectivity index (χ1) is 10.3. The van der Waals surface area contributed by atoms with Crippen LogP contribution in [0, 0.1) is 6.92 Å². The second-order valence-electron chi connectivity index (χ2n) is 5.92. The molecule has 0 aliphatic heterocycles. The third-order valence-corrected chi connectivity index (χ3v) is 4.27. The summed E-state index contributed by atoms with van der Waals surface area (Å²) in [5.74, 6) is 0. The highest BCUT2D eigenvalue weighted by molar-refractivity contribution is 6.05. The normalized spacial score (nSPS) is 11.3. The molecule has 2 aromatic carbocycles. The molecular formula is C20H23N. The smallest absolute Gasteiger partial charge is 0.0783 e. The molecule has 1 heteroatoms. The Morgan fingerprint density at radius 2 is 1.71 bits per heavy atom. The van der Waals surface area contributed by atoms with Crippen LogP contribution >= 0.6 is 0 Å². The lowest BCUT2D eigenvalue weighted by Gasteiger charge is -2.09. The highest BCUT2D eigenvalue weighted by Crippen LogP contribution is 2.26. The van der Waals surface area contributed by atoms with E-state index in [2.05, 4.69) is 56.3 Å². The van der Waals surface area contributed by atoms with Gasteiger partial charge in [0.15, 0.2) is 0 Å². The van der Waals surface area contributed by atoms with Crippen molar-refractivity contribution in [3.8, 4) is 0 Å². The molecule has 0 spiro atoms. The number of pyridine rings is 1. The number of rotatable bonds is 5. The van der Waals surface area contributed by atoms with E-state index in [1.165, 1.54) is 53.1 Å². The van der Waals surface area contributed by atoms with Crippen LogP contribution in [0.25, 0.3) is 21.7 Å². The fourth-order valence-electron chi connectivity index (χ4n) is 3.03. The van der Waals surface area contributed by atoms with E-state index >= 15 is 0 Å². The van der Waals surface area contributed by atoms with Crippen molar-refractivity contribution in [1.29, 1.82) is 0 Å². The first-order valence-electron chi connectivity index (χ1n) is 8.07. The van der Waals surface area contributed by atoms with Gasteiger partial charge in [0.05, 0.1) is 5.52 Å². The summed E-state index contributed by atoms with van der Waals surface area (Å²) in [6, 6.07) is 15.2. The summed E-state index contributed by atoms with van der Waals surface area (Å²) in [4.78, 5) is 5.00. The van der Waals surface area contributed by atoms with Gasteiger partial charge in [-0.3, -0.25) is 4.98 Å². The van der Waals surface area contributed by atoms with Crippen LogP contribution in [0.2, 0.25) is 0 Å². The van der Waals surface area contributed by atoms with Gasteiger partial charge in [0.25, 0.3) is 0 Å². The lowest BCUT2D eigenvalue weighted by Crippen LogP contribution is -1.96. The number of fused-ring (bicyclic) bond motifs is 3. The molecule has 21 heavy (non-hydrogen) atoms. The largest absolute Gasteiger partial charge is 0.252 e. The van der Waals surface area contributed by atoms with Gasteiger partial charge >= 0.3 is 0 Å². The minimum Gasteiger partial charge on any atom is -0.252 e. The highest BCUT2D eigenvalue weighted by Gasteiger charge is 2.06. The van der Waals surface area contributed by atoms with Crippen LogP contribution in [-0.4, -0.2) is 4.98 Å². The summed E-state index contributed by atoms with van der Waals surface area (Å²) < 4.78 is 0. The van der Waals surface area contributed by atoms with E-state index in [-0.39, 0.29) is 0 Å². The molecule has 1 nitrogen and oxygen atoms in total. The molecule has 0 saturated heterocycles. The zero-order valence-electron chi connectivity index (χ0n) is 13.0. The van der Waals surface area contributed by atoms with Crippen molar-refractivity contribution in [3.05, 3.63) is 53.7 Å². The van der Waals surface area contributed by atoms with Gasteiger partial charge in [-0.2, -0.15) is 0 Å². The molecule has 3 rings (SSSR count). The molecule has 0 radical (unpaired) electrons. The molecule has 108 valence electrons. The number of aryl methyl sites for hydroxylation is 2. The van der Waals surface area contributed by atoms with E-state index in [0.717, 1.165) is 11.9 Å². The number of nitrogens with zero attached hydrogens (tertiary/aromatic N) is 1. The summed E-state index contributed by atoms with van der Waals surface area (Å²) in [6.45, 7) is 4.45. The van der Waals surface area contributed by atoms with Crippen molar-refractivity contribution in [1.82, 2.24) is 4.98 Å². The Labute approximate surface area is 127 Å². The molecular weight excluding hydrogens is 254 g/mol. The number of benzene rings is 2. The van der Waals surface area contributed by atoms with Gasteiger partial charge in [0.1, 0.15) is 0 Å². The SMILES string of the molecule is CCCCCCc1nc2c(ccc3ccccc32)cc1C. The van der Waals surface area contributed by atoms with Crippen LogP contribution in [0.5, 0.6) is 0 Å². The number of unbranched alkanes of at least 4 members (excludes halogenated alkanes) is 3. The molecule has 0 aliphatic rings. The van der Waals surface area contributed by atoms with Crippen molar-refractivity contribution in [2.24, 2.45) is 0 Å². The van der Waals surface area contributed by atoms with Gasteiger partial charge in [-0.1, -0.05) is 62.6 Å². The molecule has 0 saturated carbocycles. The molecule has 3 aromatic rings. The summed E-state index contributed by atoms with van der Waals surface area (Å²) in [6.07, 6.45) is 6.28. The monoisotopic (exact) mass is 277 g/mol. The van der Waals surface area contributed by atoms with Crippen LogP contribution in [0.3, 0.4) is 0 Å². The number of hydrogen-bond donors (Lipinski definition) is 0. The third kappa shape index (κ3) is 2.92. The minimum absolute atomic E-state index is 1.10.